The molecule has 0 aliphatic heterocycles. The summed E-state index contributed by atoms with van der Waals surface area (Å²) < 4.78 is 52.5. The van der Waals surface area contributed by atoms with Gasteiger partial charge in [0.2, 0.25) is 5.82 Å². The van der Waals surface area contributed by atoms with Gasteiger partial charge in [-0.3, -0.25) is 0 Å². The molecule has 2 rings (SSSR count). The third-order valence-corrected chi connectivity index (χ3v) is 2.63. The lowest BCUT2D eigenvalue weighted by atomic mass is 10.1. The van der Waals surface area contributed by atoms with Crippen LogP contribution in [0.1, 0.15) is 17.0 Å². The summed E-state index contributed by atoms with van der Waals surface area (Å²) in [5.41, 5.74) is -3.16. The number of aromatic nitrogens is 4. The van der Waals surface area contributed by atoms with Crippen LogP contribution < -0.4 is 5.32 Å². The summed E-state index contributed by atoms with van der Waals surface area (Å²) >= 11 is 0. The highest BCUT2D eigenvalue weighted by Gasteiger charge is 2.38. The zero-order chi connectivity index (χ0) is 17.0. The summed E-state index contributed by atoms with van der Waals surface area (Å²) in [6.07, 6.45) is -4.21. The van der Waals surface area contributed by atoms with Crippen LogP contribution in [0.4, 0.5) is 23.2 Å². The zero-order valence-electron chi connectivity index (χ0n) is 11.0. The van der Waals surface area contributed by atoms with E-state index in [2.05, 4.69) is 25.9 Å². The SMILES string of the molecule is N#CC(=CNc1c(C#N)ccc(F)c1C(F)(F)F)c1nn[nH]n1. The fourth-order valence-corrected chi connectivity index (χ4v) is 1.66. The second-order valence-corrected chi connectivity index (χ2v) is 4.00. The minimum absolute atomic E-state index is 0.177. The van der Waals surface area contributed by atoms with Gasteiger partial charge in [-0.25, -0.2) is 4.39 Å². The Bertz CT molecular complexity index is 825. The van der Waals surface area contributed by atoms with E-state index < -0.39 is 28.8 Å². The van der Waals surface area contributed by atoms with E-state index in [1.54, 1.807) is 6.07 Å². The number of nitriles is 2. The molecule has 2 aromatic rings. The molecule has 11 heteroatoms. The number of tetrazole rings is 1. The maximum atomic E-state index is 13.5. The highest BCUT2D eigenvalue weighted by Crippen LogP contribution is 2.38. The van der Waals surface area contributed by atoms with E-state index in [-0.39, 0.29) is 11.4 Å². The summed E-state index contributed by atoms with van der Waals surface area (Å²) in [7, 11) is 0. The van der Waals surface area contributed by atoms with Crippen molar-refractivity contribution in [3.8, 4) is 12.1 Å². The quantitative estimate of drug-likeness (QED) is 0.661. The van der Waals surface area contributed by atoms with Gasteiger partial charge in [0.15, 0.2) is 0 Å². The van der Waals surface area contributed by atoms with Gasteiger partial charge in [0.1, 0.15) is 29.1 Å². The first-order chi connectivity index (χ1) is 10.9. The molecule has 23 heavy (non-hydrogen) atoms. The first-order valence-corrected chi connectivity index (χ1v) is 5.79. The summed E-state index contributed by atoms with van der Waals surface area (Å²) in [6.45, 7) is 0. The number of rotatable bonds is 3. The third-order valence-electron chi connectivity index (χ3n) is 2.63. The Morgan fingerprint density at radius 2 is 2.04 bits per heavy atom. The van der Waals surface area contributed by atoms with Crippen LogP contribution in [-0.2, 0) is 6.18 Å². The average Bonchev–Trinajstić information content (AvgIpc) is 3.01. The highest BCUT2D eigenvalue weighted by molar-refractivity contribution is 5.76. The lowest BCUT2D eigenvalue weighted by Crippen LogP contribution is -2.13. The molecule has 116 valence electrons. The van der Waals surface area contributed by atoms with Crippen LogP contribution in [0, 0.1) is 28.5 Å². The van der Waals surface area contributed by atoms with Gasteiger partial charge in [-0.2, -0.15) is 28.9 Å². The Labute approximate surface area is 125 Å². The van der Waals surface area contributed by atoms with Crippen LogP contribution in [0.15, 0.2) is 18.3 Å². The molecule has 0 aliphatic carbocycles. The zero-order valence-corrected chi connectivity index (χ0v) is 11.0. The fourth-order valence-electron chi connectivity index (χ4n) is 1.66. The van der Waals surface area contributed by atoms with Gasteiger partial charge in [0.25, 0.3) is 0 Å². The largest absolute Gasteiger partial charge is 0.421 e. The monoisotopic (exact) mass is 323 g/mol. The van der Waals surface area contributed by atoms with Gasteiger partial charge in [0.05, 0.1) is 11.3 Å². The summed E-state index contributed by atoms with van der Waals surface area (Å²) in [6, 6.07) is 4.59. The predicted octanol–water partition coefficient (Wildman–Crippen LogP) is 2.21. The van der Waals surface area contributed by atoms with Crippen LogP contribution in [-0.4, -0.2) is 20.6 Å². The summed E-state index contributed by atoms with van der Waals surface area (Å²) in [4.78, 5) is 0. The van der Waals surface area contributed by atoms with Crippen molar-refractivity contribution in [2.75, 3.05) is 5.32 Å². The van der Waals surface area contributed by atoms with E-state index in [9.17, 15) is 17.6 Å². The van der Waals surface area contributed by atoms with E-state index in [0.29, 0.717) is 6.07 Å². The molecule has 0 radical (unpaired) electrons. The molecule has 0 saturated carbocycles. The van der Waals surface area contributed by atoms with Crippen LogP contribution in [0.3, 0.4) is 0 Å². The van der Waals surface area contributed by atoms with Crippen molar-refractivity contribution < 1.29 is 17.6 Å². The molecule has 1 aromatic carbocycles. The normalized spacial score (nSPS) is 11.7. The summed E-state index contributed by atoms with van der Waals surface area (Å²) in [5, 5.41) is 32.2. The molecule has 7 nitrogen and oxygen atoms in total. The standard InChI is InChI=1S/C12H5F4N7/c13-8-2-1-6(3-17)10(9(8)12(14,15)16)19-5-7(4-18)11-20-22-23-21-11/h1-2,5,19H,(H,20,21,22,23). The van der Waals surface area contributed by atoms with Crippen LogP contribution in [0.25, 0.3) is 5.57 Å². The Morgan fingerprint density at radius 1 is 1.30 bits per heavy atom. The van der Waals surface area contributed by atoms with E-state index in [1.807, 2.05) is 0 Å². The van der Waals surface area contributed by atoms with Crippen LogP contribution >= 0.6 is 0 Å². The van der Waals surface area contributed by atoms with Crippen molar-refractivity contribution in [1.29, 1.82) is 10.5 Å². The van der Waals surface area contributed by atoms with Gasteiger partial charge in [-0.1, -0.05) is 0 Å². The fraction of sp³-hybridized carbons (Fsp3) is 0.0833. The van der Waals surface area contributed by atoms with Gasteiger partial charge in [-0.05, 0) is 17.3 Å². The van der Waals surface area contributed by atoms with Crippen LogP contribution in [0.5, 0.6) is 0 Å². The molecule has 2 N–H and O–H groups in total. The maximum absolute atomic E-state index is 13.5. The Balaban J connectivity index is 2.53. The van der Waals surface area contributed by atoms with E-state index in [0.717, 1.165) is 12.3 Å². The molecule has 1 aromatic heterocycles. The number of halogens is 4. The molecule has 0 spiro atoms. The number of hydrogen-bond acceptors (Lipinski definition) is 6. The second kappa shape index (κ2) is 6.11. The van der Waals surface area contributed by atoms with Gasteiger partial charge < -0.3 is 5.32 Å². The molecule has 0 unspecified atom stereocenters. The van der Waals surface area contributed by atoms with Crippen molar-refractivity contribution in [1.82, 2.24) is 20.6 Å². The predicted molar refractivity (Wildman–Crippen MR) is 67.5 cm³/mol. The number of anilines is 1. The molecule has 0 saturated heterocycles. The number of nitrogens with one attached hydrogen (secondary N) is 2. The highest BCUT2D eigenvalue weighted by atomic mass is 19.4. The Morgan fingerprint density at radius 3 is 2.57 bits per heavy atom. The number of hydrogen-bond donors (Lipinski definition) is 2. The third kappa shape index (κ3) is 3.24. The lowest BCUT2D eigenvalue weighted by Gasteiger charge is -2.15. The van der Waals surface area contributed by atoms with Crippen molar-refractivity contribution in [2.24, 2.45) is 0 Å². The number of aromatic amines is 1. The number of allylic oxidation sites excluding steroid dienone is 1. The number of alkyl halides is 3. The Hall–Kier alpha value is -3.47. The number of nitrogens with zero attached hydrogens (tertiary/aromatic N) is 5. The van der Waals surface area contributed by atoms with Crippen molar-refractivity contribution in [2.45, 2.75) is 6.18 Å². The molecule has 0 amide bonds. The van der Waals surface area contributed by atoms with Gasteiger partial charge in [-0.15, -0.1) is 10.2 Å². The first-order valence-electron chi connectivity index (χ1n) is 5.79. The average molecular weight is 323 g/mol. The topological polar surface area (TPSA) is 114 Å². The van der Waals surface area contributed by atoms with Crippen molar-refractivity contribution in [3.05, 3.63) is 41.1 Å². The minimum Gasteiger partial charge on any atom is -0.359 e. The van der Waals surface area contributed by atoms with Crippen molar-refractivity contribution >= 4 is 11.3 Å². The molecular formula is C12H5F4N7. The van der Waals surface area contributed by atoms with Crippen LogP contribution in [0.2, 0.25) is 0 Å². The second-order valence-electron chi connectivity index (χ2n) is 4.00. The molecular weight excluding hydrogens is 318 g/mol. The van der Waals surface area contributed by atoms with E-state index in [1.165, 1.54) is 6.07 Å². The Kier molecular flexibility index (Phi) is 4.23. The van der Waals surface area contributed by atoms with E-state index in [4.69, 9.17) is 10.5 Å². The summed E-state index contributed by atoms with van der Waals surface area (Å²) in [5.74, 6) is -1.73. The maximum Gasteiger partial charge on any atom is 0.421 e. The smallest absolute Gasteiger partial charge is 0.359 e. The molecule has 0 bridgehead atoms. The first kappa shape index (κ1) is 15.9. The van der Waals surface area contributed by atoms with Gasteiger partial charge >= 0.3 is 6.18 Å². The van der Waals surface area contributed by atoms with Gasteiger partial charge in [0, 0.05) is 6.20 Å². The number of H-pyrrole nitrogens is 1. The van der Waals surface area contributed by atoms with E-state index >= 15 is 0 Å². The minimum atomic E-state index is -5.04. The molecule has 0 atom stereocenters. The molecule has 0 fully saturated rings. The number of benzene rings is 1. The van der Waals surface area contributed by atoms with Crippen molar-refractivity contribution in [3.63, 3.8) is 0 Å². The lowest BCUT2D eigenvalue weighted by molar-refractivity contribution is -0.139. The molecule has 1 heterocycles. The molecule has 0 aliphatic rings.